The quantitative estimate of drug-likeness (QED) is 0.821. The molecule has 2 rings (SSSR count). The number of hydrogen-bond acceptors (Lipinski definition) is 2. The van der Waals surface area contributed by atoms with Crippen molar-refractivity contribution >= 4 is 22.9 Å². The van der Waals surface area contributed by atoms with Crippen molar-refractivity contribution in [2.75, 3.05) is 6.54 Å². The van der Waals surface area contributed by atoms with Crippen LogP contribution >= 0.6 is 22.9 Å². The maximum absolute atomic E-state index is 5.99. The molecule has 3 atom stereocenters. The Bertz CT molecular complexity index is 323. The number of hydrogen-bond donors (Lipinski definition) is 1. The molecule has 1 N–H and O–H groups in total. The van der Waals surface area contributed by atoms with Gasteiger partial charge in [0.1, 0.15) is 0 Å². The van der Waals surface area contributed by atoms with Crippen LogP contribution in [-0.2, 0) is 0 Å². The van der Waals surface area contributed by atoms with Gasteiger partial charge in [0.2, 0.25) is 0 Å². The first-order valence-corrected chi connectivity index (χ1v) is 6.90. The molecular weight excluding hydrogens is 226 g/mol. The predicted molar refractivity (Wildman–Crippen MR) is 67.6 cm³/mol. The van der Waals surface area contributed by atoms with Crippen LogP contribution in [0.3, 0.4) is 0 Å². The molecule has 0 aromatic carbocycles. The summed E-state index contributed by atoms with van der Waals surface area (Å²) in [7, 11) is 0. The Balaban J connectivity index is 2.04. The van der Waals surface area contributed by atoms with Gasteiger partial charge in [-0.2, -0.15) is 0 Å². The average molecular weight is 244 g/mol. The number of nitrogens with one attached hydrogen (secondary N) is 1. The molecule has 1 aromatic rings. The van der Waals surface area contributed by atoms with Crippen molar-refractivity contribution in [2.24, 2.45) is 11.8 Å². The van der Waals surface area contributed by atoms with E-state index in [1.165, 1.54) is 17.7 Å². The summed E-state index contributed by atoms with van der Waals surface area (Å²) in [4.78, 5) is 1.41. The van der Waals surface area contributed by atoms with Gasteiger partial charge in [0.25, 0.3) is 0 Å². The van der Waals surface area contributed by atoms with Gasteiger partial charge < -0.3 is 5.32 Å². The van der Waals surface area contributed by atoms with Gasteiger partial charge in [0, 0.05) is 10.9 Å². The molecule has 0 saturated heterocycles. The van der Waals surface area contributed by atoms with Gasteiger partial charge in [-0.25, -0.2) is 0 Å². The van der Waals surface area contributed by atoms with Gasteiger partial charge in [-0.05, 0) is 43.4 Å². The minimum atomic E-state index is 0.539. The summed E-state index contributed by atoms with van der Waals surface area (Å²) in [6.45, 7) is 5.64. The fourth-order valence-corrected chi connectivity index (χ4v) is 3.29. The SMILES string of the molecule is CCCNC(c1ccc(Cl)s1)C1CC1C. The molecule has 0 amide bonds. The summed E-state index contributed by atoms with van der Waals surface area (Å²) in [6.07, 6.45) is 2.55. The minimum Gasteiger partial charge on any atom is -0.309 e. The zero-order chi connectivity index (χ0) is 10.8. The van der Waals surface area contributed by atoms with Crippen molar-refractivity contribution in [1.29, 1.82) is 0 Å². The van der Waals surface area contributed by atoms with E-state index in [9.17, 15) is 0 Å². The lowest BCUT2D eigenvalue weighted by atomic mass is 10.1. The largest absolute Gasteiger partial charge is 0.309 e. The van der Waals surface area contributed by atoms with Crippen LogP contribution in [0.1, 0.15) is 37.6 Å². The second-order valence-corrected chi connectivity index (χ2v) is 6.20. The van der Waals surface area contributed by atoms with E-state index in [4.69, 9.17) is 11.6 Å². The van der Waals surface area contributed by atoms with Gasteiger partial charge in [-0.15, -0.1) is 11.3 Å². The van der Waals surface area contributed by atoms with Crippen LogP contribution in [-0.4, -0.2) is 6.54 Å². The van der Waals surface area contributed by atoms with Crippen molar-refractivity contribution in [1.82, 2.24) is 5.32 Å². The van der Waals surface area contributed by atoms with E-state index in [-0.39, 0.29) is 0 Å². The first kappa shape index (κ1) is 11.4. The fourth-order valence-electron chi connectivity index (χ4n) is 2.07. The maximum atomic E-state index is 5.99. The monoisotopic (exact) mass is 243 g/mol. The van der Waals surface area contributed by atoms with Crippen LogP contribution < -0.4 is 5.32 Å². The third-order valence-electron chi connectivity index (χ3n) is 3.11. The lowest BCUT2D eigenvalue weighted by Crippen LogP contribution is -2.23. The Morgan fingerprint density at radius 1 is 1.60 bits per heavy atom. The second-order valence-electron chi connectivity index (χ2n) is 4.45. The first-order chi connectivity index (χ1) is 7.22. The van der Waals surface area contributed by atoms with E-state index in [0.29, 0.717) is 6.04 Å². The normalized spacial score (nSPS) is 26.6. The van der Waals surface area contributed by atoms with Crippen LogP contribution in [0.15, 0.2) is 12.1 Å². The van der Waals surface area contributed by atoms with Gasteiger partial charge >= 0.3 is 0 Å². The molecule has 3 unspecified atom stereocenters. The van der Waals surface area contributed by atoms with E-state index in [1.54, 1.807) is 11.3 Å². The van der Waals surface area contributed by atoms with Crippen molar-refractivity contribution in [3.05, 3.63) is 21.3 Å². The zero-order valence-electron chi connectivity index (χ0n) is 9.29. The third-order valence-corrected chi connectivity index (χ3v) is 4.43. The summed E-state index contributed by atoms with van der Waals surface area (Å²) in [5.41, 5.74) is 0. The van der Waals surface area contributed by atoms with E-state index < -0.39 is 0 Å². The van der Waals surface area contributed by atoms with Crippen LogP contribution in [0.4, 0.5) is 0 Å². The Morgan fingerprint density at radius 2 is 2.33 bits per heavy atom. The Labute approximate surface area is 101 Å². The van der Waals surface area contributed by atoms with Gasteiger partial charge in [0.15, 0.2) is 0 Å². The molecule has 84 valence electrons. The lowest BCUT2D eigenvalue weighted by Gasteiger charge is -2.16. The number of rotatable bonds is 5. The minimum absolute atomic E-state index is 0.539. The number of thiophene rings is 1. The highest BCUT2D eigenvalue weighted by molar-refractivity contribution is 7.16. The average Bonchev–Trinajstić information content (AvgIpc) is 2.75. The van der Waals surface area contributed by atoms with Crippen molar-refractivity contribution in [3.63, 3.8) is 0 Å². The molecule has 1 nitrogen and oxygen atoms in total. The first-order valence-electron chi connectivity index (χ1n) is 5.71. The summed E-state index contributed by atoms with van der Waals surface area (Å²) >= 11 is 7.71. The smallest absolute Gasteiger partial charge is 0.0931 e. The van der Waals surface area contributed by atoms with E-state index in [1.807, 2.05) is 6.07 Å². The van der Waals surface area contributed by atoms with Gasteiger partial charge in [-0.1, -0.05) is 25.4 Å². The molecule has 3 heteroatoms. The molecule has 0 bridgehead atoms. The van der Waals surface area contributed by atoms with Crippen molar-refractivity contribution < 1.29 is 0 Å². The molecule has 1 aliphatic carbocycles. The molecule has 1 heterocycles. The lowest BCUT2D eigenvalue weighted by molar-refractivity contribution is 0.469. The summed E-state index contributed by atoms with van der Waals surface area (Å²) in [6, 6.07) is 4.72. The third kappa shape index (κ3) is 2.74. The molecule has 1 saturated carbocycles. The highest BCUT2D eigenvalue weighted by atomic mass is 35.5. The molecular formula is C12H18ClNS. The zero-order valence-corrected chi connectivity index (χ0v) is 10.9. The molecule has 0 aliphatic heterocycles. The van der Waals surface area contributed by atoms with E-state index in [0.717, 1.165) is 22.7 Å². The molecule has 1 fully saturated rings. The molecule has 0 radical (unpaired) electrons. The van der Waals surface area contributed by atoms with Crippen LogP contribution in [0.5, 0.6) is 0 Å². The Hall–Kier alpha value is -0.0500. The topological polar surface area (TPSA) is 12.0 Å². The van der Waals surface area contributed by atoms with Crippen molar-refractivity contribution in [3.8, 4) is 0 Å². The second kappa shape index (κ2) is 4.86. The summed E-state index contributed by atoms with van der Waals surface area (Å²) in [5.74, 6) is 1.70. The molecule has 1 aliphatic rings. The Kier molecular flexibility index (Phi) is 3.70. The summed E-state index contributed by atoms with van der Waals surface area (Å²) in [5, 5.41) is 3.64. The molecule has 1 aromatic heterocycles. The van der Waals surface area contributed by atoms with E-state index >= 15 is 0 Å². The van der Waals surface area contributed by atoms with Crippen LogP contribution in [0, 0.1) is 11.8 Å². The van der Waals surface area contributed by atoms with Crippen molar-refractivity contribution in [2.45, 2.75) is 32.7 Å². The highest BCUT2D eigenvalue weighted by Gasteiger charge is 2.40. The molecule has 0 spiro atoms. The standard InChI is InChI=1S/C12H18ClNS/c1-3-6-14-12(9-7-8(9)2)10-4-5-11(13)15-10/h4-5,8-9,12,14H,3,6-7H2,1-2H3. The highest BCUT2D eigenvalue weighted by Crippen LogP contribution is 2.48. The van der Waals surface area contributed by atoms with Gasteiger partial charge in [0.05, 0.1) is 4.34 Å². The predicted octanol–water partition coefficient (Wildman–Crippen LogP) is 4.10. The number of halogens is 1. The fraction of sp³-hybridized carbons (Fsp3) is 0.667. The Morgan fingerprint density at radius 3 is 2.80 bits per heavy atom. The molecule has 15 heavy (non-hydrogen) atoms. The van der Waals surface area contributed by atoms with Crippen LogP contribution in [0.25, 0.3) is 0 Å². The maximum Gasteiger partial charge on any atom is 0.0931 e. The van der Waals surface area contributed by atoms with Crippen LogP contribution in [0.2, 0.25) is 4.34 Å². The summed E-state index contributed by atoms with van der Waals surface area (Å²) < 4.78 is 0.904. The van der Waals surface area contributed by atoms with Gasteiger partial charge in [-0.3, -0.25) is 0 Å². The van der Waals surface area contributed by atoms with E-state index in [2.05, 4.69) is 25.2 Å².